The van der Waals surface area contributed by atoms with Gasteiger partial charge in [0.25, 0.3) is 11.6 Å². The number of hydrogen-bond acceptors (Lipinski definition) is 6. The summed E-state index contributed by atoms with van der Waals surface area (Å²) in [4.78, 5) is 24.6. The highest BCUT2D eigenvalue weighted by Gasteiger charge is 2.28. The molecule has 1 N–H and O–H groups in total. The van der Waals surface area contributed by atoms with Crippen molar-refractivity contribution in [1.82, 2.24) is 4.72 Å². The van der Waals surface area contributed by atoms with Gasteiger partial charge in [-0.25, -0.2) is 13.1 Å². The Kier molecular flexibility index (Phi) is 5.92. The summed E-state index contributed by atoms with van der Waals surface area (Å²) < 4.78 is 33.6. The van der Waals surface area contributed by atoms with E-state index in [2.05, 4.69) is 4.72 Å². The van der Waals surface area contributed by atoms with Crippen LogP contribution in [0.1, 0.15) is 31.2 Å². The van der Waals surface area contributed by atoms with Gasteiger partial charge < -0.3 is 9.64 Å². The molecule has 4 rings (SSSR count). The zero-order chi connectivity index (χ0) is 22.0. The number of carbonyl (C=O) groups is 1. The van der Waals surface area contributed by atoms with E-state index in [1.165, 1.54) is 30.3 Å². The highest BCUT2D eigenvalue weighted by molar-refractivity contribution is 7.89. The van der Waals surface area contributed by atoms with Gasteiger partial charge in [-0.15, -0.1) is 0 Å². The van der Waals surface area contributed by atoms with Crippen molar-refractivity contribution in [3.63, 3.8) is 0 Å². The van der Waals surface area contributed by atoms with E-state index >= 15 is 0 Å². The maximum absolute atomic E-state index is 12.7. The smallest absolute Gasteiger partial charge is 0.269 e. The minimum atomic E-state index is -3.59. The van der Waals surface area contributed by atoms with Crippen LogP contribution in [0.2, 0.25) is 0 Å². The molecule has 2 aromatic carbocycles. The Morgan fingerprint density at radius 2 is 1.87 bits per heavy atom. The summed E-state index contributed by atoms with van der Waals surface area (Å²) in [7, 11) is -3.59. The van der Waals surface area contributed by atoms with Gasteiger partial charge in [-0.3, -0.25) is 14.9 Å². The molecule has 2 aliphatic rings. The van der Waals surface area contributed by atoms with Crippen molar-refractivity contribution in [2.45, 2.75) is 43.0 Å². The Bertz CT molecular complexity index is 1090. The summed E-state index contributed by atoms with van der Waals surface area (Å²) in [6.07, 6.45) is 4.36. The zero-order valence-electron chi connectivity index (χ0n) is 16.8. The molecule has 1 saturated carbocycles. The maximum Gasteiger partial charge on any atom is 0.269 e. The number of hydrogen-bond donors (Lipinski definition) is 1. The van der Waals surface area contributed by atoms with Crippen LogP contribution in [0, 0.1) is 10.1 Å². The number of ether oxygens (including phenoxy) is 1. The number of carbonyl (C=O) groups excluding carboxylic acids is 1. The molecule has 2 aromatic rings. The Morgan fingerprint density at radius 1 is 1.16 bits per heavy atom. The maximum atomic E-state index is 12.7. The Hall–Kier alpha value is -2.98. The fourth-order valence-corrected chi connectivity index (χ4v) is 5.38. The predicted octanol–water partition coefficient (Wildman–Crippen LogP) is 2.78. The molecule has 0 bridgehead atoms. The lowest BCUT2D eigenvalue weighted by Crippen LogP contribution is -2.33. The van der Waals surface area contributed by atoms with Crippen molar-refractivity contribution in [2.24, 2.45) is 0 Å². The number of non-ortho nitro benzene ring substituents is 1. The second kappa shape index (κ2) is 8.64. The van der Waals surface area contributed by atoms with E-state index in [0.29, 0.717) is 24.4 Å². The number of fused-ring (bicyclic) bond motifs is 1. The Balaban J connectivity index is 1.41. The topological polar surface area (TPSA) is 119 Å². The molecule has 0 radical (unpaired) electrons. The third kappa shape index (κ3) is 4.70. The molecule has 0 spiro atoms. The van der Waals surface area contributed by atoms with E-state index in [4.69, 9.17) is 4.74 Å². The van der Waals surface area contributed by atoms with Crippen molar-refractivity contribution in [1.29, 1.82) is 0 Å². The number of rotatable bonds is 7. The third-order valence-corrected chi connectivity index (χ3v) is 7.16. The standard InChI is InChI=1S/C21H23N3O6S/c25-21(14-30-18-7-5-17(6-8-18)24(26)27)23-12-11-15-13-19(9-10-20(15)23)31(28,29)22-16-3-1-2-4-16/h5-10,13,16,22H,1-4,11-12,14H2. The first-order valence-electron chi connectivity index (χ1n) is 10.2. The van der Waals surface area contributed by atoms with E-state index in [1.807, 2.05) is 0 Å². The number of benzene rings is 2. The lowest BCUT2D eigenvalue weighted by molar-refractivity contribution is -0.384. The van der Waals surface area contributed by atoms with Gasteiger partial charge in [0, 0.05) is 30.4 Å². The van der Waals surface area contributed by atoms with Crippen molar-refractivity contribution in [2.75, 3.05) is 18.1 Å². The summed E-state index contributed by atoms with van der Waals surface area (Å²) in [5.74, 6) is 0.0922. The first-order chi connectivity index (χ1) is 14.8. The van der Waals surface area contributed by atoms with Crippen molar-refractivity contribution in [3.8, 4) is 5.75 Å². The number of sulfonamides is 1. The molecular formula is C21H23N3O6S. The van der Waals surface area contributed by atoms with Crippen LogP contribution >= 0.6 is 0 Å². The van der Waals surface area contributed by atoms with Gasteiger partial charge in [-0.2, -0.15) is 0 Å². The number of nitrogens with zero attached hydrogens (tertiary/aromatic N) is 2. The van der Waals surface area contributed by atoms with Gasteiger partial charge in [0.2, 0.25) is 10.0 Å². The predicted molar refractivity (Wildman–Crippen MR) is 114 cm³/mol. The molecule has 164 valence electrons. The monoisotopic (exact) mass is 445 g/mol. The van der Waals surface area contributed by atoms with Crippen LogP contribution in [0.3, 0.4) is 0 Å². The molecule has 0 unspecified atom stereocenters. The molecule has 0 saturated heterocycles. The van der Waals surface area contributed by atoms with Crippen LogP contribution in [0.25, 0.3) is 0 Å². The largest absolute Gasteiger partial charge is 0.484 e. The van der Waals surface area contributed by atoms with Crippen LogP contribution in [0.5, 0.6) is 5.75 Å². The summed E-state index contributed by atoms with van der Waals surface area (Å²) in [5.41, 5.74) is 1.43. The van der Waals surface area contributed by atoms with E-state index < -0.39 is 14.9 Å². The lowest BCUT2D eigenvalue weighted by atomic mass is 10.2. The van der Waals surface area contributed by atoms with Crippen molar-refractivity contribution < 1.29 is 22.9 Å². The van der Waals surface area contributed by atoms with E-state index in [9.17, 15) is 23.3 Å². The minimum Gasteiger partial charge on any atom is -0.484 e. The van der Waals surface area contributed by atoms with Gasteiger partial charge in [0.15, 0.2) is 6.61 Å². The fraction of sp³-hybridized carbons (Fsp3) is 0.381. The van der Waals surface area contributed by atoms with E-state index in [0.717, 1.165) is 31.2 Å². The molecule has 1 aliphatic heterocycles. The van der Waals surface area contributed by atoms with Crippen LogP contribution in [-0.4, -0.2) is 38.4 Å². The molecule has 1 aliphatic carbocycles. The number of anilines is 1. The first-order valence-corrected chi connectivity index (χ1v) is 11.6. The Morgan fingerprint density at radius 3 is 2.55 bits per heavy atom. The first kappa shape index (κ1) is 21.3. The highest BCUT2D eigenvalue weighted by Crippen LogP contribution is 2.31. The summed E-state index contributed by atoms with van der Waals surface area (Å²) >= 11 is 0. The lowest BCUT2D eigenvalue weighted by Gasteiger charge is -2.18. The number of nitrogens with one attached hydrogen (secondary N) is 1. The summed E-state index contributed by atoms with van der Waals surface area (Å²) in [6.45, 7) is 0.220. The SMILES string of the molecule is O=C(COc1ccc([N+](=O)[O-])cc1)N1CCc2cc(S(=O)(=O)NC3CCCC3)ccc21. The van der Waals surface area contributed by atoms with Crippen LogP contribution < -0.4 is 14.4 Å². The second-order valence-electron chi connectivity index (χ2n) is 7.73. The van der Waals surface area contributed by atoms with Gasteiger partial charge in [0.1, 0.15) is 5.75 Å². The molecule has 1 heterocycles. The summed E-state index contributed by atoms with van der Waals surface area (Å²) in [6, 6.07) is 10.3. The van der Waals surface area contributed by atoms with Crippen molar-refractivity contribution in [3.05, 3.63) is 58.1 Å². The van der Waals surface area contributed by atoms with Gasteiger partial charge >= 0.3 is 0 Å². The average molecular weight is 445 g/mol. The molecule has 1 fully saturated rings. The third-order valence-electron chi connectivity index (χ3n) is 5.64. The van der Waals surface area contributed by atoms with Crippen LogP contribution in [0.15, 0.2) is 47.4 Å². The van der Waals surface area contributed by atoms with Gasteiger partial charge in [-0.1, -0.05) is 12.8 Å². The molecule has 31 heavy (non-hydrogen) atoms. The quantitative estimate of drug-likeness (QED) is 0.517. The second-order valence-corrected chi connectivity index (χ2v) is 9.44. The fourth-order valence-electron chi connectivity index (χ4n) is 4.02. The van der Waals surface area contributed by atoms with Crippen LogP contribution in [0.4, 0.5) is 11.4 Å². The van der Waals surface area contributed by atoms with E-state index in [-0.39, 0.29) is 29.1 Å². The zero-order valence-corrected chi connectivity index (χ0v) is 17.6. The van der Waals surface area contributed by atoms with E-state index in [1.54, 1.807) is 17.0 Å². The molecule has 0 aromatic heterocycles. The Labute approximate surface area is 180 Å². The van der Waals surface area contributed by atoms with Crippen LogP contribution in [-0.2, 0) is 21.2 Å². The molecule has 10 heteroatoms. The number of nitro groups is 1. The molecule has 0 atom stereocenters. The molecule has 1 amide bonds. The summed E-state index contributed by atoms with van der Waals surface area (Å²) in [5, 5.41) is 10.7. The number of amides is 1. The molecule has 9 nitrogen and oxygen atoms in total. The average Bonchev–Trinajstić information content (AvgIpc) is 3.41. The number of nitro benzene ring substituents is 1. The minimum absolute atomic E-state index is 0.00657. The van der Waals surface area contributed by atoms with Gasteiger partial charge in [-0.05, 0) is 55.2 Å². The van der Waals surface area contributed by atoms with Gasteiger partial charge in [0.05, 0.1) is 9.82 Å². The normalized spacial score (nSPS) is 16.3. The highest BCUT2D eigenvalue weighted by atomic mass is 32.2. The van der Waals surface area contributed by atoms with Crippen molar-refractivity contribution >= 4 is 27.3 Å². The molecular weight excluding hydrogens is 422 g/mol.